The van der Waals surface area contributed by atoms with Crippen molar-refractivity contribution in [3.8, 4) is 11.4 Å². The van der Waals surface area contributed by atoms with Gasteiger partial charge in [0.25, 0.3) is 0 Å². The quantitative estimate of drug-likeness (QED) is 0.885. The molecule has 0 amide bonds. The summed E-state index contributed by atoms with van der Waals surface area (Å²) in [7, 11) is 0. The molecule has 94 valence electrons. The average Bonchev–Trinajstić information content (AvgIpc) is 2.72. The Morgan fingerprint density at radius 1 is 1.44 bits per heavy atom. The molecule has 0 aliphatic rings. The Kier molecular flexibility index (Phi) is 3.81. The predicted molar refractivity (Wildman–Crippen MR) is 72.4 cm³/mol. The van der Waals surface area contributed by atoms with Crippen molar-refractivity contribution in [2.24, 2.45) is 0 Å². The summed E-state index contributed by atoms with van der Waals surface area (Å²) in [6.07, 6.45) is 0. The van der Waals surface area contributed by atoms with Gasteiger partial charge in [0.2, 0.25) is 0 Å². The number of hydrogen-bond acceptors (Lipinski definition) is 3. The third-order valence-electron chi connectivity index (χ3n) is 2.48. The Labute approximate surface area is 114 Å². The van der Waals surface area contributed by atoms with Gasteiger partial charge in [-0.3, -0.25) is 0 Å². The third-order valence-corrected chi connectivity index (χ3v) is 3.17. The van der Waals surface area contributed by atoms with Crippen molar-refractivity contribution >= 4 is 21.9 Å². The molecule has 1 heterocycles. The monoisotopic (exact) mass is 308 g/mol. The number of H-pyrrole nitrogens is 1. The topological polar surface area (TPSA) is 55.0 Å². The Hall–Kier alpha value is -1.62. The molecule has 18 heavy (non-hydrogen) atoms. The maximum absolute atomic E-state index is 11.7. The second-order valence-corrected chi connectivity index (χ2v) is 4.61. The van der Waals surface area contributed by atoms with Crippen molar-refractivity contribution in [3.05, 3.63) is 40.1 Å². The van der Waals surface area contributed by atoms with E-state index in [1.54, 1.807) is 13.8 Å². The Morgan fingerprint density at radius 2 is 2.17 bits per heavy atom. The molecule has 0 aliphatic carbocycles. The first-order valence-corrected chi connectivity index (χ1v) is 6.41. The zero-order valence-corrected chi connectivity index (χ0v) is 11.7. The van der Waals surface area contributed by atoms with E-state index in [4.69, 9.17) is 4.74 Å². The van der Waals surface area contributed by atoms with Crippen LogP contribution in [0.15, 0.2) is 28.7 Å². The first kappa shape index (κ1) is 12.8. The third kappa shape index (κ3) is 2.46. The summed E-state index contributed by atoms with van der Waals surface area (Å²) >= 11 is 3.46. The van der Waals surface area contributed by atoms with Gasteiger partial charge in [-0.15, -0.1) is 0 Å². The van der Waals surface area contributed by atoms with Crippen LogP contribution in [-0.4, -0.2) is 22.5 Å². The molecule has 1 aromatic heterocycles. The van der Waals surface area contributed by atoms with Crippen molar-refractivity contribution in [2.45, 2.75) is 13.8 Å². The molecule has 1 aromatic carbocycles. The van der Waals surface area contributed by atoms with Gasteiger partial charge in [-0.25, -0.2) is 9.78 Å². The fraction of sp³-hybridized carbons (Fsp3) is 0.231. The summed E-state index contributed by atoms with van der Waals surface area (Å²) in [6.45, 7) is 3.92. The van der Waals surface area contributed by atoms with Gasteiger partial charge in [0.1, 0.15) is 5.82 Å². The number of benzene rings is 1. The van der Waals surface area contributed by atoms with E-state index in [0.29, 0.717) is 23.8 Å². The number of nitrogens with one attached hydrogen (secondary N) is 1. The lowest BCUT2D eigenvalue weighted by Gasteiger charge is -1.99. The summed E-state index contributed by atoms with van der Waals surface area (Å²) < 4.78 is 5.88. The molecule has 0 atom stereocenters. The molecule has 4 nitrogen and oxygen atoms in total. The van der Waals surface area contributed by atoms with Crippen LogP contribution in [0.1, 0.15) is 23.1 Å². The number of aromatic amines is 1. The van der Waals surface area contributed by atoms with E-state index in [2.05, 4.69) is 25.9 Å². The summed E-state index contributed by atoms with van der Waals surface area (Å²) in [4.78, 5) is 19.1. The van der Waals surface area contributed by atoms with E-state index in [0.717, 1.165) is 10.0 Å². The Bertz CT molecular complexity index is 578. The Morgan fingerprint density at radius 3 is 2.83 bits per heavy atom. The number of rotatable bonds is 3. The fourth-order valence-corrected chi connectivity index (χ4v) is 2.11. The van der Waals surface area contributed by atoms with Gasteiger partial charge in [0.05, 0.1) is 6.61 Å². The molecule has 0 unspecified atom stereocenters. The minimum Gasteiger partial charge on any atom is -0.461 e. The number of halogens is 1. The summed E-state index contributed by atoms with van der Waals surface area (Å²) in [6, 6.07) is 7.70. The number of ether oxygens (including phenoxy) is 1. The molecule has 2 aromatic rings. The van der Waals surface area contributed by atoms with Gasteiger partial charge in [-0.2, -0.15) is 0 Å². The molecule has 2 rings (SSSR count). The summed E-state index contributed by atoms with van der Waals surface area (Å²) in [5.74, 6) is 0.257. The van der Waals surface area contributed by atoms with E-state index < -0.39 is 5.97 Å². The Balaban J connectivity index is 2.41. The van der Waals surface area contributed by atoms with Crippen LogP contribution in [0.4, 0.5) is 0 Å². The van der Waals surface area contributed by atoms with Crippen LogP contribution in [0, 0.1) is 6.92 Å². The minimum absolute atomic E-state index is 0.336. The van der Waals surface area contributed by atoms with Crippen molar-refractivity contribution in [2.75, 3.05) is 6.61 Å². The van der Waals surface area contributed by atoms with Crippen molar-refractivity contribution in [1.82, 2.24) is 9.97 Å². The SMILES string of the molecule is CCOC(=O)c1nc(-c2ccccc2Br)[nH]c1C. The largest absolute Gasteiger partial charge is 0.461 e. The number of carbonyl (C=O) groups excluding carboxylic acids is 1. The first-order chi connectivity index (χ1) is 8.63. The highest BCUT2D eigenvalue weighted by atomic mass is 79.9. The van der Waals surface area contributed by atoms with E-state index in [-0.39, 0.29) is 0 Å². The predicted octanol–water partition coefficient (Wildman–Crippen LogP) is 3.32. The van der Waals surface area contributed by atoms with Gasteiger partial charge < -0.3 is 9.72 Å². The number of carbonyl (C=O) groups is 1. The van der Waals surface area contributed by atoms with Crippen molar-refractivity contribution in [3.63, 3.8) is 0 Å². The number of hydrogen-bond donors (Lipinski definition) is 1. The smallest absolute Gasteiger partial charge is 0.358 e. The summed E-state index contributed by atoms with van der Waals surface area (Å²) in [5, 5.41) is 0. The molecule has 0 fully saturated rings. The van der Waals surface area contributed by atoms with Crippen LogP contribution in [0.3, 0.4) is 0 Å². The van der Waals surface area contributed by atoms with Gasteiger partial charge >= 0.3 is 5.97 Å². The van der Waals surface area contributed by atoms with E-state index in [1.165, 1.54) is 0 Å². The minimum atomic E-state index is -0.399. The van der Waals surface area contributed by atoms with Crippen LogP contribution in [0.5, 0.6) is 0 Å². The molecule has 0 aliphatic heterocycles. The fourth-order valence-electron chi connectivity index (χ4n) is 1.64. The van der Waals surface area contributed by atoms with Crippen molar-refractivity contribution < 1.29 is 9.53 Å². The maximum atomic E-state index is 11.7. The zero-order chi connectivity index (χ0) is 13.1. The molecule has 0 radical (unpaired) electrons. The van der Waals surface area contributed by atoms with Crippen LogP contribution >= 0.6 is 15.9 Å². The normalized spacial score (nSPS) is 10.4. The highest BCUT2D eigenvalue weighted by molar-refractivity contribution is 9.10. The van der Waals surface area contributed by atoms with Crippen LogP contribution in [0.2, 0.25) is 0 Å². The standard InChI is InChI=1S/C13H13BrN2O2/c1-3-18-13(17)11-8(2)15-12(16-11)9-6-4-5-7-10(9)14/h4-7H,3H2,1-2H3,(H,15,16). The number of nitrogens with zero attached hydrogens (tertiary/aromatic N) is 1. The molecule has 1 N–H and O–H groups in total. The van der Waals surface area contributed by atoms with E-state index in [1.807, 2.05) is 24.3 Å². The summed E-state index contributed by atoms with van der Waals surface area (Å²) in [5.41, 5.74) is 1.96. The van der Waals surface area contributed by atoms with Gasteiger partial charge in [0.15, 0.2) is 5.69 Å². The van der Waals surface area contributed by atoms with Crippen molar-refractivity contribution in [1.29, 1.82) is 0 Å². The van der Waals surface area contributed by atoms with Gasteiger partial charge in [-0.05, 0) is 19.9 Å². The second kappa shape index (κ2) is 5.35. The zero-order valence-electron chi connectivity index (χ0n) is 10.2. The van der Waals surface area contributed by atoms with Crippen LogP contribution in [-0.2, 0) is 4.74 Å². The number of aromatic nitrogens is 2. The lowest BCUT2D eigenvalue weighted by Crippen LogP contribution is -2.06. The van der Waals surface area contributed by atoms with E-state index >= 15 is 0 Å². The lowest BCUT2D eigenvalue weighted by atomic mass is 10.2. The second-order valence-electron chi connectivity index (χ2n) is 3.76. The number of aryl methyl sites for hydroxylation is 1. The first-order valence-electron chi connectivity index (χ1n) is 5.62. The highest BCUT2D eigenvalue weighted by Crippen LogP contribution is 2.26. The molecule has 0 spiro atoms. The number of imidazole rings is 1. The number of esters is 1. The average molecular weight is 309 g/mol. The molecule has 0 saturated carbocycles. The molecule has 5 heteroatoms. The molecule has 0 saturated heterocycles. The highest BCUT2D eigenvalue weighted by Gasteiger charge is 2.17. The molecular formula is C13H13BrN2O2. The molecule has 0 bridgehead atoms. The van der Waals surface area contributed by atoms with Gasteiger partial charge in [0, 0.05) is 15.7 Å². The van der Waals surface area contributed by atoms with Crippen LogP contribution < -0.4 is 0 Å². The maximum Gasteiger partial charge on any atom is 0.358 e. The van der Waals surface area contributed by atoms with Gasteiger partial charge in [-0.1, -0.05) is 34.1 Å². The van der Waals surface area contributed by atoms with E-state index in [9.17, 15) is 4.79 Å². The van der Waals surface area contributed by atoms with Crippen LogP contribution in [0.25, 0.3) is 11.4 Å². The lowest BCUT2D eigenvalue weighted by molar-refractivity contribution is 0.0519. The molecular weight excluding hydrogens is 296 g/mol.